The standard InChI is InChI=1S/C11H13NO2/c1-10-6-11(10)4-3-7(13)5-8(11)12(2)9(10)14/h3-4,8H,5-6H2,1-2H3/t8-,10?,11?/m0/s1. The summed E-state index contributed by atoms with van der Waals surface area (Å²) in [6.45, 7) is 2.02. The lowest BCUT2D eigenvalue weighted by Gasteiger charge is -2.29. The van der Waals surface area contributed by atoms with Crippen molar-refractivity contribution in [3.8, 4) is 0 Å². The first-order valence-electron chi connectivity index (χ1n) is 5.01. The van der Waals surface area contributed by atoms with Crippen molar-refractivity contribution in [2.45, 2.75) is 25.8 Å². The molecule has 0 aromatic rings. The topological polar surface area (TPSA) is 37.4 Å². The SMILES string of the molecule is CN1C(=O)C2(C)CC23C=CC(=O)C[C@H]13. The fraction of sp³-hybridized carbons (Fsp3) is 0.636. The minimum Gasteiger partial charge on any atom is -0.341 e. The largest absolute Gasteiger partial charge is 0.341 e. The number of ketones is 1. The van der Waals surface area contributed by atoms with E-state index in [1.54, 1.807) is 11.0 Å². The zero-order chi connectivity index (χ0) is 10.1. The maximum atomic E-state index is 11.9. The smallest absolute Gasteiger partial charge is 0.229 e. The molecule has 74 valence electrons. The van der Waals surface area contributed by atoms with Gasteiger partial charge in [0, 0.05) is 24.9 Å². The van der Waals surface area contributed by atoms with E-state index in [2.05, 4.69) is 0 Å². The molecule has 14 heavy (non-hydrogen) atoms. The van der Waals surface area contributed by atoms with Gasteiger partial charge in [-0.05, 0) is 19.4 Å². The van der Waals surface area contributed by atoms with Gasteiger partial charge in [-0.3, -0.25) is 9.59 Å². The number of likely N-dealkylation sites (tertiary alicyclic amines) is 1. The summed E-state index contributed by atoms with van der Waals surface area (Å²) in [6.07, 6.45) is 5.07. The molecule has 1 aliphatic heterocycles. The van der Waals surface area contributed by atoms with Crippen molar-refractivity contribution < 1.29 is 9.59 Å². The van der Waals surface area contributed by atoms with Crippen molar-refractivity contribution in [2.24, 2.45) is 10.8 Å². The fourth-order valence-corrected chi connectivity index (χ4v) is 3.35. The van der Waals surface area contributed by atoms with E-state index in [1.807, 2.05) is 20.0 Å². The number of piperidine rings is 1. The second kappa shape index (κ2) is 1.95. The number of allylic oxidation sites excluding steroid dienone is 1. The van der Waals surface area contributed by atoms with E-state index in [9.17, 15) is 9.59 Å². The van der Waals surface area contributed by atoms with E-state index in [4.69, 9.17) is 0 Å². The molecule has 3 nitrogen and oxygen atoms in total. The lowest BCUT2D eigenvalue weighted by molar-refractivity contribution is -0.133. The first-order valence-corrected chi connectivity index (χ1v) is 5.01. The molecule has 0 N–H and O–H groups in total. The van der Waals surface area contributed by atoms with Gasteiger partial charge in [-0.2, -0.15) is 0 Å². The molecule has 0 bridgehead atoms. The van der Waals surface area contributed by atoms with Crippen LogP contribution in [0.5, 0.6) is 0 Å². The average Bonchev–Trinajstić information content (AvgIpc) is 2.71. The second-order valence-corrected chi connectivity index (χ2v) is 4.98. The molecule has 1 amide bonds. The van der Waals surface area contributed by atoms with Crippen molar-refractivity contribution in [3.63, 3.8) is 0 Å². The van der Waals surface area contributed by atoms with Gasteiger partial charge in [0.15, 0.2) is 5.78 Å². The molecule has 1 saturated heterocycles. The molecule has 0 aromatic carbocycles. The van der Waals surface area contributed by atoms with E-state index in [1.165, 1.54) is 0 Å². The summed E-state index contributed by atoms with van der Waals surface area (Å²) >= 11 is 0. The molecule has 3 atom stereocenters. The van der Waals surface area contributed by atoms with Gasteiger partial charge in [0.05, 0.1) is 5.41 Å². The van der Waals surface area contributed by atoms with Crippen LogP contribution in [0.15, 0.2) is 12.2 Å². The van der Waals surface area contributed by atoms with Gasteiger partial charge in [-0.15, -0.1) is 0 Å². The molecule has 2 fully saturated rings. The van der Waals surface area contributed by atoms with Crippen molar-refractivity contribution in [1.29, 1.82) is 0 Å². The first kappa shape index (κ1) is 8.21. The third-order valence-corrected chi connectivity index (χ3v) is 4.36. The average molecular weight is 191 g/mol. The zero-order valence-electron chi connectivity index (χ0n) is 8.41. The molecule has 3 heteroatoms. The summed E-state index contributed by atoms with van der Waals surface area (Å²) < 4.78 is 0. The Morgan fingerprint density at radius 2 is 2.21 bits per heavy atom. The van der Waals surface area contributed by atoms with Crippen LogP contribution in [0.1, 0.15) is 19.8 Å². The van der Waals surface area contributed by atoms with Gasteiger partial charge in [0.25, 0.3) is 0 Å². The molecule has 1 spiro atoms. The Labute approximate surface area is 82.8 Å². The first-order chi connectivity index (χ1) is 6.51. The van der Waals surface area contributed by atoms with Crippen molar-refractivity contribution >= 4 is 11.7 Å². The van der Waals surface area contributed by atoms with E-state index >= 15 is 0 Å². The zero-order valence-corrected chi connectivity index (χ0v) is 8.41. The van der Waals surface area contributed by atoms with Crippen LogP contribution in [0.25, 0.3) is 0 Å². The normalized spacial score (nSPS) is 49.3. The summed E-state index contributed by atoms with van der Waals surface area (Å²) in [7, 11) is 1.82. The molecule has 2 aliphatic carbocycles. The highest BCUT2D eigenvalue weighted by molar-refractivity contribution is 5.98. The van der Waals surface area contributed by atoms with Crippen LogP contribution in [0, 0.1) is 10.8 Å². The maximum absolute atomic E-state index is 11.9. The number of nitrogens with zero attached hydrogens (tertiary/aromatic N) is 1. The third-order valence-electron chi connectivity index (χ3n) is 4.36. The van der Waals surface area contributed by atoms with Crippen LogP contribution < -0.4 is 0 Å². The quantitative estimate of drug-likeness (QED) is 0.566. The highest BCUT2D eigenvalue weighted by atomic mass is 16.2. The Morgan fingerprint density at radius 1 is 1.50 bits per heavy atom. The minimum absolute atomic E-state index is 0.00720. The molecule has 2 unspecified atom stereocenters. The van der Waals surface area contributed by atoms with E-state index in [0.29, 0.717) is 6.42 Å². The monoisotopic (exact) mass is 191 g/mol. The Bertz CT molecular complexity index is 387. The van der Waals surface area contributed by atoms with Gasteiger partial charge in [0.1, 0.15) is 0 Å². The fourth-order valence-electron chi connectivity index (χ4n) is 3.35. The number of hydrogen-bond donors (Lipinski definition) is 0. The highest BCUT2D eigenvalue weighted by Gasteiger charge is 2.77. The van der Waals surface area contributed by atoms with E-state index in [0.717, 1.165) is 6.42 Å². The molecular weight excluding hydrogens is 178 g/mol. The summed E-state index contributed by atoms with van der Waals surface area (Å²) in [6, 6.07) is 0.123. The molecule has 3 aliphatic rings. The van der Waals surface area contributed by atoms with Crippen LogP contribution >= 0.6 is 0 Å². The van der Waals surface area contributed by atoms with Crippen LogP contribution in [0.2, 0.25) is 0 Å². The number of carbonyl (C=O) groups is 2. The predicted octanol–water partition coefficient (Wildman–Crippen LogP) is 0.752. The van der Waals surface area contributed by atoms with Crippen LogP contribution in [-0.4, -0.2) is 29.7 Å². The van der Waals surface area contributed by atoms with Crippen LogP contribution in [0.3, 0.4) is 0 Å². The summed E-state index contributed by atoms with van der Waals surface area (Å²) in [4.78, 5) is 25.0. The summed E-state index contributed by atoms with van der Waals surface area (Å²) in [5.41, 5.74) is -0.212. The number of amides is 1. The molecule has 0 radical (unpaired) electrons. The van der Waals surface area contributed by atoms with Crippen molar-refractivity contribution in [2.75, 3.05) is 7.05 Å². The number of hydrogen-bond acceptors (Lipinski definition) is 2. The Kier molecular flexibility index (Phi) is 1.14. The Balaban J connectivity index is 2.12. The lowest BCUT2D eigenvalue weighted by Crippen LogP contribution is -2.39. The van der Waals surface area contributed by atoms with Crippen molar-refractivity contribution in [3.05, 3.63) is 12.2 Å². The Hall–Kier alpha value is -1.12. The van der Waals surface area contributed by atoms with E-state index in [-0.39, 0.29) is 28.6 Å². The van der Waals surface area contributed by atoms with E-state index < -0.39 is 0 Å². The maximum Gasteiger partial charge on any atom is 0.229 e. The highest BCUT2D eigenvalue weighted by Crippen LogP contribution is 2.73. The molecule has 3 rings (SSSR count). The third kappa shape index (κ3) is 0.606. The van der Waals surface area contributed by atoms with Crippen LogP contribution in [0.4, 0.5) is 0 Å². The number of carbonyl (C=O) groups excluding carboxylic acids is 2. The van der Waals surface area contributed by atoms with Gasteiger partial charge in [0.2, 0.25) is 5.91 Å². The molecular formula is C11H13NO2. The van der Waals surface area contributed by atoms with Gasteiger partial charge in [-0.25, -0.2) is 0 Å². The Morgan fingerprint density at radius 3 is 2.93 bits per heavy atom. The molecule has 0 aromatic heterocycles. The second-order valence-electron chi connectivity index (χ2n) is 4.98. The lowest BCUT2D eigenvalue weighted by atomic mass is 9.84. The predicted molar refractivity (Wildman–Crippen MR) is 50.5 cm³/mol. The van der Waals surface area contributed by atoms with Crippen LogP contribution in [-0.2, 0) is 9.59 Å². The summed E-state index contributed by atoms with van der Waals surface area (Å²) in [5.74, 6) is 0.360. The molecule has 1 saturated carbocycles. The van der Waals surface area contributed by atoms with Gasteiger partial charge in [-0.1, -0.05) is 6.08 Å². The molecule has 1 heterocycles. The van der Waals surface area contributed by atoms with Crippen molar-refractivity contribution in [1.82, 2.24) is 4.90 Å². The van der Waals surface area contributed by atoms with Gasteiger partial charge < -0.3 is 4.90 Å². The minimum atomic E-state index is -0.205. The number of rotatable bonds is 0. The summed E-state index contributed by atoms with van der Waals surface area (Å²) in [5, 5.41) is 0. The van der Waals surface area contributed by atoms with Gasteiger partial charge >= 0.3 is 0 Å².